The topological polar surface area (TPSA) is 33.1 Å². The number of aromatic nitrogens is 1. The molecular formula is C9H11NO. The molecule has 1 heterocycles. The zero-order valence-electron chi connectivity index (χ0n) is 6.54. The van der Waals surface area contributed by atoms with Gasteiger partial charge in [-0.05, 0) is 24.1 Å². The highest BCUT2D eigenvalue weighted by molar-refractivity contribution is 5.63. The highest BCUT2D eigenvalue weighted by atomic mass is 16.3. The van der Waals surface area contributed by atoms with Gasteiger partial charge in [0.05, 0.1) is 6.61 Å². The number of aliphatic hydroxyl groups is 1. The minimum absolute atomic E-state index is 0.0463. The van der Waals surface area contributed by atoms with Gasteiger partial charge in [-0.2, -0.15) is 0 Å². The zero-order chi connectivity index (χ0) is 8.27. The van der Waals surface area contributed by atoms with E-state index in [0.29, 0.717) is 0 Å². The van der Waals surface area contributed by atoms with Crippen LogP contribution in [0, 0.1) is 0 Å². The lowest BCUT2D eigenvalue weighted by molar-refractivity contribution is 0.281. The molecule has 0 aliphatic heterocycles. The average Bonchev–Trinajstić information content (AvgIpc) is 2.04. The van der Waals surface area contributed by atoms with Gasteiger partial charge in [-0.25, -0.2) is 0 Å². The van der Waals surface area contributed by atoms with Crippen LogP contribution in [0.1, 0.15) is 18.1 Å². The van der Waals surface area contributed by atoms with Crippen LogP contribution in [-0.4, -0.2) is 10.1 Å². The predicted octanol–water partition coefficient (Wildman–Crippen LogP) is 1.61. The fraction of sp³-hybridized carbons (Fsp3) is 0.222. The molecular weight excluding hydrogens is 138 g/mol. The van der Waals surface area contributed by atoms with Crippen LogP contribution in [0.2, 0.25) is 0 Å². The first-order chi connectivity index (χ1) is 5.25. The van der Waals surface area contributed by atoms with Crippen molar-refractivity contribution in [3.8, 4) is 0 Å². The normalized spacial score (nSPS) is 9.64. The Kier molecular flexibility index (Phi) is 2.39. The van der Waals surface area contributed by atoms with Crippen molar-refractivity contribution >= 4 is 5.57 Å². The van der Waals surface area contributed by atoms with E-state index in [1.54, 1.807) is 18.5 Å². The third kappa shape index (κ3) is 1.65. The summed E-state index contributed by atoms with van der Waals surface area (Å²) in [4.78, 5) is 3.94. The monoisotopic (exact) mass is 149 g/mol. The fourth-order valence-corrected chi connectivity index (χ4v) is 0.945. The first-order valence-corrected chi connectivity index (χ1v) is 3.45. The van der Waals surface area contributed by atoms with Crippen LogP contribution >= 0.6 is 0 Å². The van der Waals surface area contributed by atoms with Gasteiger partial charge >= 0.3 is 0 Å². The quantitative estimate of drug-likeness (QED) is 0.693. The lowest BCUT2D eigenvalue weighted by atomic mass is 10.1. The summed E-state index contributed by atoms with van der Waals surface area (Å²) in [7, 11) is 0. The Morgan fingerprint density at radius 3 is 2.91 bits per heavy atom. The number of allylic oxidation sites excluding steroid dienone is 1. The van der Waals surface area contributed by atoms with Gasteiger partial charge in [0.1, 0.15) is 0 Å². The lowest BCUT2D eigenvalue weighted by Crippen LogP contribution is -1.91. The summed E-state index contributed by atoms with van der Waals surface area (Å²) in [5.41, 5.74) is 2.75. The standard InChI is InChI=1S/C9H11NO/c1-7(2)9-5-10-4-3-8(9)6-11/h3-5,11H,1,6H2,2H3. The Morgan fingerprint density at radius 1 is 1.73 bits per heavy atom. The van der Waals surface area contributed by atoms with Crippen molar-refractivity contribution in [3.05, 3.63) is 36.2 Å². The van der Waals surface area contributed by atoms with Gasteiger partial charge in [-0.15, -0.1) is 0 Å². The molecule has 0 fully saturated rings. The van der Waals surface area contributed by atoms with Gasteiger partial charge in [-0.1, -0.05) is 6.58 Å². The summed E-state index contributed by atoms with van der Waals surface area (Å²) in [6.07, 6.45) is 3.38. The maximum atomic E-state index is 8.90. The van der Waals surface area contributed by atoms with Gasteiger partial charge in [0.25, 0.3) is 0 Å². The van der Waals surface area contributed by atoms with Crippen LogP contribution in [0.25, 0.3) is 5.57 Å². The van der Waals surface area contributed by atoms with Gasteiger partial charge in [0.15, 0.2) is 0 Å². The molecule has 1 N–H and O–H groups in total. The van der Waals surface area contributed by atoms with Gasteiger partial charge < -0.3 is 5.11 Å². The number of aliphatic hydroxyl groups excluding tert-OH is 1. The van der Waals surface area contributed by atoms with Crippen molar-refractivity contribution in [2.75, 3.05) is 0 Å². The largest absolute Gasteiger partial charge is 0.392 e. The van der Waals surface area contributed by atoms with Crippen LogP contribution in [0.15, 0.2) is 25.0 Å². The average molecular weight is 149 g/mol. The first-order valence-electron chi connectivity index (χ1n) is 3.45. The molecule has 0 spiro atoms. The molecule has 0 aliphatic carbocycles. The second-order valence-corrected chi connectivity index (χ2v) is 2.47. The van der Waals surface area contributed by atoms with Crippen LogP contribution in [0.5, 0.6) is 0 Å². The molecule has 0 bridgehead atoms. The summed E-state index contributed by atoms with van der Waals surface area (Å²) >= 11 is 0. The molecule has 1 aromatic heterocycles. The smallest absolute Gasteiger partial charge is 0.0688 e. The molecule has 0 atom stereocenters. The van der Waals surface area contributed by atoms with Crippen molar-refractivity contribution in [1.82, 2.24) is 4.98 Å². The van der Waals surface area contributed by atoms with Crippen molar-refractivity contribution in [1.29, 1.82) is 0 Å². The third-order valence-corrected chi connectivity index (χ3v) is 1.54. The number of pyridine rings is 1. The van der Waals surface area contributed by atoms with Gasteiger partial charge in [-0.3, -0.25) is 4.98 Å². The first kappa shape index (κ1) is 7.95. The van der Waals surface area contributed by atoms with Crippen LogP contribution in [-0.2, 0) is 6.61 Å². The maximum absolute atomic E-state index is 8.90. The molecule has 0 aliphatic rings. The Hall–Kier alpha value is -1.15. The van der Waals surface area contributed by atoms with Crippen LogP contribution in [0.4, 0.5) is 0 Å². The molecule has 0 saturated heterocycles. The molecule has 0 saturated carbocycles. The second-order valence-electron chi connectivity index (χ2n) is 2.47. The third-order valence-electron chi connectivity index (χ3n) is 1.54. The fourth-order valence-electron chi connectivity index (χ4n) is 0.945. The van der Waals surface area contributed by atoms with E-state index in [1.807, 2.05) is 6.92 Å². The van der Waals surface area contributed by atoms with Crippen molar-refractivity contribution in [2.24, 2.45) is 0 Å². The molecule has 2 heteroatoms. The molecule has 58 valence electrons. The Morgan fingerprint density at radius 2 is 2.45 bits per heavy atom. The van der Waals surface area contributed by atoms with E-state index in [0.717, 1.165) is 16.7 Å². The molecule has 2 nitrogen and oxygen atoms in total. The minimum Gasteiger partial charge on any atom is -0.392 e. The molecule has 11 heavy (non-hydrogen) atoms. The van der Waals surface area contributed by atoms with E-state index in [4.69, 9.17) is 5.11 Å². The predicted molar refractivity (Wildman–Crippen MR) is 44.9 cm³/mol. The van der Waals surface area contributed by atoms with Gasteiger partial charge in [0.2, 0.25) is 0 Å². The zero-order valence-corrected chi connectivity index (χ0v) is 6.54. The summed E-state index contributed by atoms with van der Waals surface area (Å²) in [5.74, 6) is 0. The van der Waals surface area contributed by atoms with Crippen molar-refractivity contribution < 1.29 is 5.11 Å². The van der Waals surface area contributed by atoms with Gasteiger partial charge in [0, 0.05) is 18.0 Å². The number of hydrogen-bond donors (Lipinski definition) is 1. The summed E-state index contributed by atoms with van der Waals surface area (Å²) < 4.78 is 0. The maximum Gasteiger partial charge on any atom is 0.0688 e. The van der Waals surface area contributed by atoms with E-state index < -0.39 is 0 Å². The Bertz CT molecular complexity index is 268. The van der Waals surface area contributed by atoms with E-state index in [1.165, 1.54) is 0 Å². The lowest BCUT2D eigenvalue weighted by Gasteiger charge is -2.03. The SMILES string of the molecule is C=C(C)c1cnccc1CO. The minimum atomic E-state index is 0.0463. The number of rotatable bonds is 2. The van der Waals surface area contributed by atoms with Crippen molar-refractivity contribution in [3.63, 3.8) is 0 Å². The summed E-state index contributed by atoms with van der Waals surface area (Å²) in [6, 6.07) is 1.80. The van der Waals surface area contributed by atoms with Crippen molar-refractivity contribution in [2.45, 2.75) is 13.5 Å². The molecule has 0 radical (unpaired) electrons. The van der Waals surface area contributed by atoms with E-state index in [-0.39, 0.29) is 6.61 Å². The molecule has 1 aromatic rings. The Balaban J connectivity index is 3.12. The van der Waals surface area contributed by atoms with Crippen LogP contribution in [0.3, 0.4) is 0 Å². The second kappa shape index (κ2) is 3.30. The molecule has 1 rings (SSSR count). The summed E-state index contributed by atoms with van der Waals surface area (Å²) in [5, 5.41) is 8.90. The Labute approximate surface area is 66.2 Å². The molecule has 0 aromatic carbocycles. The number of hydrogen-bond acceptors (Lipinski definition) is 2. The highest BCUT2D eigenvalue weighted by Gasteiger charge is 1.99. The summed E-state index contributed by atoms with van der Waals surface area (Å²) in [6.45, 7) is 5.73. The molecule has 0 amide bonds. The van der Waals surface area contributed by atoms with Crippen LogP contribution < -0.4 is 0 Å². The molecule has 0 unspecified atom stereocenters. The number of nitrogens with zero attached hydrogens (tertiary/aromatic N) is 1. The highest BCUT2D eigenvalue weighted by Crippen LogP contribution is 2.14. The van der Waals surface area contributed by atoms with E-state index in [9.17, 15) is 0 Å². The van der Waals surface area contributed by atoms with E-state index >= 15 is 0 Å². The van der Waals surface area contributed by atoms with E-state index in [2.05, 4.69) is 11.6 Å².